The maximum atomic E-state index is 11.8. The lowest BCUT2D eigenvalue weighted by atomic mass is 10.2. The monoisotopic (exact) mass is 327 g/mol. The van der Waals surface area contributed by atoms with Gasteiger partial charge in [0.15, 0.2) is 5.13 Å². The Hall–Kier alpha value is -2.60. The van der Waals surface area contributed by atoms with Crippen LogP contribution in [0.1, 0.15) is 5.56 Å². The Balaban J connectivity index is 1.43. The number of aryl methyl sites for hydroxylation is 1. The Morgan fingerprint density at radius 1 is 1.17 bits per heavy atom. The van der Waals surface area contributed by atoms with Crippen LogP contribution in [-0.2, 0) is 0 Å². The molecule has 0 saturated carbocycles. The molecule has 0 unspecified atom stereocenters. The van der Waals surface area contributed by atoms with Gasteiger partial charge in [0, 0.05) is 0 Å². The second-order valence-electron chi connectivity index (χ2n) is 5.03. The van der Waals surface area contributed by atoms with Gasteiger partial charge in [-0.05, 0) is 31.2 Å². The van der Waals surface area contributed by atoms with E-state index in [1.807, 2.05) is 55.5 Å². The molecule has 3 aromatic rings. The molecule has 0 saturated heterocycles. The molecule has 0 atom stereocenters. The zero-order valence-corrected chi connectivity index (χ0v) is 13.5. The number of carbonyl (C=O) groups is 1. The molecule has 5 nitrogen and oxygen atoms in total. The number of rotatable bonds is 5. The highest BCUT2D eigenvalue weighted by atomic mass is 32.1. The first-order valence-electron chi connectivity index (χ1n) is 7.30. The van der Waals surface area contributed by atoms with Crippen LogP contribution >= 0.6 is 11.3 Å². The molecule has 118 valence electrons. The number of para-hydroxylation sites is 1. The largest absolute Gasteiger partial charge is 0.492 e. The van der Waals surface area contributed by atoms with E-state index in [4.69, 9.17) is 4.74 Å². The fourth-order valence-corrected chi connectivity index (χ4v) is 2.90. The SMILES string of the molecule is Cc1ccc(OCCNC(=O)Nc2nc3ccccc3s2)cc1. The van der Waals surface area contributed by atoms with Gasteiger partial charge in [-0.2, -0.15) is 0 Å². The van der Waals surface area contributed by atoms with Crippen LogP contribution < -0.4 is 15.4 Å². The molecule has 6 heteroatoms. The zero-order chi connectivity index (χ0) is 16.1. The maximum absolute atomic E-state index is 11.8. The number of anilines is 1. The Morgan fingerprint density at radius 2 is 1.96 bits per heavy atom. The van der Waals surface area contributed by atoms with E-state index in [1.165, 1.54) is 16.9 Å². The molecule has 0 spiro atoms. The van der Waals surface area contributed by atoms with Crippen molar-refractivity contribution in [2.45, 2.75) is 6.92 Å². The third-order valence-corrected chi connectivity index (χ3v) is 4.14. The molecule has 23 heavy (non-hydrogen) atoms. The van der Waals surface area contributed by atoms with E-state index in [1.54, 1.807) is 0 Å². The Kier molecular flexibility index (Phi) is 4.73. The van der Waals surface area contributed by atoms with E-state index in [9.17, 15) is 4.79 Å². The van der Waals surface area contributed by atoms with Crippen LogP contribution in [0.15, 0.2) is 48.5 Å². The van der Waals surface area contributed by atoms with Crippen LogP contribution in [0.4, 0.5) is 9.93 Å². The number of nitrogens with one attached hydrogen (secondary N) is 2. The van der Waals surface area contributed by atoms with Gasteiger partial charge in [0.25, 0.3) is 0 Å². The van der Waals surface area contributed by atoms with Crippen LogP contribution in [0.5, 0.6) is 5.75 Å². The number of hydrogen-bond acceptors (Lipinski definition) is 4. The van der Waals surface area contributed by atoms with Crippen LogP contribution in [0.25, 0.3) is 10.2 Å². The van der Waals surface area contributed by atoms with Gasteiger partial charge in [0.05, 0.1) is 16.8 Å². The summed E-state index contributed by atoms with van der Waals surface area (Å²) >= 11 is 1.45. The van der Waals surface area contributed by atoms with Gasteiger partial charge in [-0.3, -0.25) is 5.32 Å². The number of nitrogens with zero attached hydrogens (tertiary/aromatic N) is 1. The summed E-state index contributed by atoms with van der Waals surface area (Å²) in [7, 11) is 0. The van der Waals surface area contributed by atoms with E-state index in [2.05, 4.69) is 15.6 Å². The molecule has 2 N–H and O–H groups in total. The lowest BCUT2D eigenvalue weighted by Crippen LogP contribution is -2.32. The second kappa shape index (κ2) is 7.11. The summed E-state index contributed by atoms with van der Waals surface area (Å²) in [6.07, 6.45) is 0. The molecule has 0 aliphatic carbocycles. The molecule has 1 aromatic heterocycles. The highest BCUT2D eigenvalue weighted by Gasteiger charge is 2.06. The second-order valence-corrected chi connectivity index (χ2v) is 6.06. The zero-order valence-electron chi connectivity index (χ0n) is 12.7. The Morgan fingerprint density at radius 3 is 2.74 bits per heavy atom. The first-order chi connectivity index (χ1) is 11.2. The molecule has 0 aliphatic rings. The lowest BCUT2D eigenvalue weighted by Gasteiger charge is -2.08. The minimum absolute atomic E-state index is 0.281. The van der Waals surface area contributed by atoms with Crippen molar-refractivity contribution in [2.24, 2.45) is 0 Å². The van der Waals surface area contributed by atoms with Gasteiger partial charge < -0.3 is 10.1 Å². The normalized spacial score (nSPS) is 10.5. The lowest BCUT2D eigenvalue weighted by molar-refractivity contribution is 0.247. The van der Waals surface area contributed by atoms with E-state index < -0.39 is 0 Å². The molecule has 1 heterocycles. The molecule has 0 bridgehead atoms. The minimum Gasteiger partial charge on any atom is -0.492 e. The van der Waals surface area contributed by atoms with E-state index in [0.717, 1.165) is 16.0 Å². The number of fused-ring (bicyclic) bond motifs is 1. The highest BCUT2D eigenvalue weighted by molar-refractivity contribution is 7.22. The Bertz CT molecular complexity index is 766. The summed E-state index contributed by atoms with van der Waals surface area (Å²) in [5.74, 6) is 0.795. The highest BCUT2D eigenvalue weighted by Crippen LogP contribution is 2.25. The Labute approximate surface area is 138 Å². The van der Waals surface area contributed by atoms with Gasteiger partial charge in [-0.25, -0.2) is 9.78 Å². The summed E-state index contributed by atoms with van der Waals surface area (Å²) in [6.45, 7) is 2.86. The molecule has 3 rings (SSSR count). The molecule has 0 aliphatic heterocycles. The van der Waals surface area contributed by atoms with Crippen LogP contribution in [0.2, 0.25) is 0 Å². The predicted molar refractivity (Wildman–Crippen MR) is 93.3 cm³/mol. The number of urea groups is 1. The molecule has 0 radical (unpaired) electrons. The molecule has 0 fully saturated rings. The predicted octanol–water partition coefficient (Wildman–Crippen LogP) is 3.81. The average molecular weight is 327 g/mol. The molecule has 2 amide bonds. The van der Waals surface area contributed by atoms with Crippen LogP contribution in [0, 0.1) is 6.92 Å². The fourth-order valence-electron chi connectivity index (χ4n) is 2.03. The number of ether oxygens (including phenoxy) is 1. The van der Waals surface area contributed by atoms with E-state index >= 15 is 0 Å². The number of aromatic nitrogens is 1. The number of carbonyl (C=O) groups excluding carboxylic acids is 1. The molecule has 2 aromatic carbocycles. The smallest absolute Gasteiger partial charge is 0.321 e. The maximum Gasteiger partial charge on any atom is 0.321 e. The van der Waals surface area contributed by atoms with Crippen molar-refractivity contribution in [3.8, 4) is 5.75 Å². The summed E-state index contributed by atoms with van der Waals surface area (Å²) in [5.41, 5.74) is 2.07. The van der Waals surface area contributed by atoms with E-state index in [-0.39, 0.29) is 6.03 Å². The summed E-state index contributed by atoms with van der Waals surface area (Å²) < 4.78 is 6.60. The fraction of sp³-hybridized carbons (Fsp3) is 0.176. The van der Waals surface area contributed by atoms with Crippen molar-refractivity contribution >= 4 is 32.7 Å². The standard InChI is InChI=1S/C17H17N3O2S/c1-12-6-8-13(9-7-12)22-11-10-18-16(21)20-17-19-14-4-2-3-5-15(14)23-17/h2-9H,10-11H2,1H3,(H2,18,19,20,21). The van der Waals surface area contributed by atoms with Crippen molar-refractivity contribution in [1.29, 1.82) is 0 Å². The van der Waals surface area contributed by atoms with Gasteiger partial charge in [-0.15, -0.1) is 0 Å². The van der Waals surface area contributed by atoms with Crippen molar-refractivity contribution in [3.05, 3.63) is 54.1 Å². The third kappa shape index (κ3) is 4.20. The van der Waals surface area contributed by atoms with Gasteiger partial charge >= 0.3 is 6.03 Å². The summed E-state index contributed by atoms with van der Waals surface area (Å²) in [6, 6.07) is 15.3. The first kappa shape index (κ1) is 15.3. The van der Waals surface area contributed by atoms with Crippen molar-refractivity contribution in [3.63, 3.8) is 0 Å². The summed E-state index contributed by atoms with van der Waals surface area (Å²) in [4.78, 5) is 16.2. The van der Waals surface area contributed by atoms with Crippen molar-refractivity contribution in [1.82, 2.24) is 10.3 Å². The van der Waals surface area contributed by atoms with Gasteiger partial charge in [0.1, 0.15) is 12.4 Å². The topological polar surface area (TPSA) is 63.2 Å². The van der Waals surface area contributed by atoms with Gasteiger partial charge in [0.2, 0.25) is 0 Å². The van der Waals surface area contributed by atoms with Gasteiger partial charge in [-0.1, -0.05) is 41.2 Å². The van der Waals surface area contributed by atoms with Crippen LogP contribution in [-0.4, -0.2) is 24.2 Å². The summed E-state index contributed by atoms with van der Waals surface area (Å²) in [5, 5.41) is 6.07. The third-order valence-electron chi connectivity index (χ3n) is 3.19. The number of hydrogen-bond donors (Lipinski definition) is 2. The van der Waals surface area contributed by atoms with E-state index in [0.29, 0.717) is 18.3 Å². The minimum atomic E-state index is -0.281. The number of amides is 2. The molecular formula is C17H17N3O2S. The average Bonchev–Trinajstić information content (AvgIpc) is 2.95. The number of benzene rings is 2. The number of thiazole rings is 1. The van der Waals surface area contributed by atoms with Crippen LogP contribution in [0.3, 0.4) is 0 Å². The van der Waals surface area contributed by atoms with Crippen molar-refractivity contribution < 1.29 is 9.53 Å². The van der Waals surface area contributed by atoms with Crippen molar-refractivity contribution in [2.75, 3.05) is 18.5 Å². The molecular weight excluding hydrogens is 310 g/mol. The quantitative estimate of drug-likeness (QED) is 0.701. The first-order valence-corrected chi connectivity index (χ1v) is 8.12.